The molecule has 0 amide bonds. The SMILES string of the molecule is CCCCN(CC(C)O)C(C)CC. The highest BCUT2D eigenvalue weighted by molar-refractivity contribution is 4.67. The molecule has 0 heterocycles. The van der Waals surface area contributed by atoms with Crippen LogP contribution in [0.15, 0.2) is 0 Å². The molecule has 0 aliphatic rings. The van der Waals surface area contributed by atoms with Gasteiger partial charge in [-0.2, -0.15) is 0 Å². The van der Waals surface area contributed by atoms with Crippen molar-refractivity contribution in [3.63, 3.8) is 0 Å². The number of hydrogen-bond donors (Lipinski definition) is 1. The Kier molecular flexibility index (Phi) is 7.29. The van der Waals surface area contributed by atoms with Gasteiger partial charge >= 0.3 is 0 Å². The van der Waals surface area contributed by atoms with Crippen molar-refractivity contribution < 1.29 is 5.11 Å². The van der Waals surface area contributed by atoms with Crippen molar-refractivity contribution in [2.45, 2.75) is 59.1 Å². The molecule has 0 spiro atoms. The van der Waals surface area contributed by atoms with Crippen molar-refractivity contribution in [1.82, 2.24) is 4.90 Å². The number of unbranched alkanes of at least 4 members (excludes halogenated alkanes) is 1. The predicted octanol–water partition coefficient (Wildman–Crippen LogP) is 2.27. The van der Waals surface area contributed by atoms with Gasteiger partial charge in [0.05, 0.1) is 6.10 Å². The quantitative estimate of drug-likeness (QED) is 0.661. The van der Waals surface area contributed by atoms with Gasteiger partial charge in [0.25, 0.3) is 0 Å². The number of aliphatic hydroxyl groups excluding tert-OH is 1. The molecule has 2 atom stereocenters. The smallest absolute Gasteiger partial charge is 0.0639 e. The van der Waals surface area contributed by atoms with E-state index >= 15 is 0 Å². The third-order valence-electron chi connectivity index (χ3n) is 2.51. The molecule has 1 N–H and O–H groups in total. The van der Waals surface area contributed by atoms with Gasteiger partial charge < -0.3 is 5.11 Å². The molecular formula is C11H25NO. The first-order chi connectivity index (χ1) is 6.11. The Morgan fingerprint density at radius 2 is 1.85 bits per heavy atom. The van der Waals surface area contributed by atoms with Gasteiger partial charge in [-0.05, 0) is 33.2 Å². The molecule has 80 valence electrons. The molecule has 13 heavy (non-hydrogen) atoms. The van der Waals surface area contributed by atoms with E-state index in [4.69, 9.17) is 0 Å². The maximum Gasteiger partial charge on any atom is 0.0639 e. The number of nitrogens with zero attached hydrogens (tertiary/aromatic N) is 1. The molecule has 2 unspecified atom stereocenters. The molecule has 0 saturated heterocycles. The summed E-state index contributed by atoms with van der Waals surface area (Å²) in [5.74, 6) is 0. The molecule has 0 fully saturated rings. The van der Waals surface area contributed by atoms with E-state index in [2.05, 4.69) is 25.7 Å². The van der Waals surface area contributed by atoms with E-state index in [0.29, 0.717) is 6.04 Å². The first-order valence-corrected chi connectivity index (χ1v) is 5.53. The Bertz CT molecular complexity index is 115. The van der Waals surface area contributed by atoms with Gasteiger partial charge in [-0.1, -0.05) is 20.3 Å². The highest BCUT2D eigenvalue weighted by Gasteiger charge is 2.12. The minimum atomic E-state index is -0.203. The summed E-state index contributed by atoms with van der Waals surface area (Å²) < 4.78 is 0. The van der Waals surface area contributed by atoms with Crippen molar-refractivity contribution in [1.29, 1.82) is 0 Å². The Hall–Kier alpha value is -0.0800. The molecule has 2 heteroatoms. The summed E-state index contributed by atoms with van der Waals surface area (Å²) in [5, 5.41) is 9.32. The van der Waals surface area contributed by atoms with E-state index < -0.39 is 0 Å². The maximum atomic E-state index is 9.32. The summed E-state index contributed by atoms with van der Waals surface area (Å²) in [4.78, 5) is 2.38. The predicted molar refractivity (Wildman–Crippen MR) is 57.9 cm³/mol. The molecule has 0 rings (SSSR count). The van der Waals surface area contributed by atoms with Crippen LogP contribution in [0.4, 0.5) is 0 Å². The fraction of sp³-hybridized carbons (Fsp3) is 1.00. The molecule has 0 saturated carbocycles. The summed E-state index contributed by atoms with van der Waals surface area (Å²) in [7, 11) is 0. The highest BCUT2D eigenvalue weighted by Crippen LogP contribution is 2.06. The molecular weight excluding hydrogens is 162 g/mol. The van der Waals surface area contributed by atoms with Crippen LogP contribution in [0.3, 0.4) is 0 Å². The zero-order chi connectivity index (χ0) is 10.3. The van der Waals surface area contributed by atoms with Gasteiger partial charge in [0.2, 0.25) is 0 Å². The molecule has 0 bridgehead atoms. The maximum absolute atomic E-state index is 9.32. The van der Waals surface area contributed by atoms with Gasteiger partial charge in [-0.25, -0.2) is 0 Å². The third kappa shape index (κ3) is 6.05. The van der Waals surface area contributed by atoms with Gasteiger partial charge in [0.1, 0.15) is 0 Å². The summed E-state index contributed by atoms with van der Waals surface area (Å²) in [5.41, 5.74) is 0. The van der Waals surface area contributed by atoms with Gasteiger partial charge in [0.15, 0.2) is 0 Å². The lowest BCUT2D eigenvalue weighted by molar-refractivity contribution is 0.100. The highest BCUT2D eigenvalue weighted by atomic mass is 16.3. The van der Waals surface area contributed by atoms with Gasteiger partial charge in [-0.15, -0.1) is 0 Å². The fourth-order valence-electron chi connectivity index (χ4n) is 1.45. The molecule has 0 aromatic rings. The number of aliphatic hydroxyl groups is 1. The van der Waals surface area contributed by atoms with Crippen LogP contribution in [0.5, 0.6) is 0 Å². The molecule has 0 aliphatic carbocycles. The van der Waals surface area contributed by atoms with Crippen LogP contribution in [0.1, 0.15) is 47.0 Å². The van der Waals surface area contributed by atoms with Gasteiger partial charge in [-0.3, -0.25) is 4.90 Å². The lowest BCUT2D eigenvalue weighted by Gasteiger charge is -2.29. The monoisotopic (exact) mass is 187 g/mol. The fourth-order valence-corrected chi connectivity index (χ4v) is 1.45. The average Bonchev–Trinajstić information content (AvgIpc) is 2.10. The van der Waals surface area contributed by atoms with Crippen molar-refractivity contribution in [3.05, 3.63) is 0 Å². The summed E-state index contributed by atoms with van der Waals surface area (Å²) in [6, 6.07) is 0.598. The van der Waals surface area contributed by atoms with Gasteiger partial charge in [0, 0.05) is 12.6 Å². The second kappa shape index (κ2) is 7.34. The van der Waals surface area contributed by atoms with Crippen molar-refractivity contribution >= 4 is 0 Å². The van der Waals surface area contributed by atoms with E-state index in [1.807, 2.05) is 6.92 Å². The standard InChI is InChI=1S/C11H25NO/c1-5-7-8-12(9-11(4)13)10(3)6-2/h10-11,13H,5-9H2,1-4H3. The average molecular weight is 187 g/mol. The van der Waals surface area contributed by atoms with E-state index in [9.17, 15) is 5.11 Å². The van der Waals surface area contributed by atoms with E-state index in [-0.39, 0.29) is 6.10 Å². The summed E-state index contributed by atoms with van der Waals surface area (Å²) in [6.45, 7) is 10.4. The topological polar surface area (TPSA) is 23.5 Å². The normalized spacial score (nSPS) is 16.2. The zero-order valence-electron chi connectivity index (χ0n) is 9.58. The Morgan fingerprint density at radius 3 is 2.23 bits per heavy atom. The van der Waals surface area contributed by atoms with Crippen molar-refractivity contribution in [3.8, 4) is 0 Å². The summed E-state index contributed by atoms with van der Waals surface area (Å²) in [6.07, 6.45) is 3.42. The zero-order valence-corrected chi connectivity index (χ0v) is 9.58. The Morgan fingerprint density at radius 1 is 1.23 bits per heavy atom. The minimum Gasteiger partial charge on any atom is -0.392 e. The molecule has 0 aromatic carbocycles. The van der Waals surface area contributed by atoms with Crippen LogP contribution in [-0.2, 0) is 0 Å². The first-order valence-electron chi connectivity index (χ1n) is 5.53. The molecule has 0 aliphatic heterocycles. The van der Waals surface area contributed by atoms with Crippen molar-refractivity contribution in [2.75, 3.05) is 13.1 Å². The second-order valence-electron chi connectivity index (χ2n) is 3.95. The van der Waals surface area contributed by atoms with Crippen LogP contribution in [0.2, 0.25) is 0 Å². The minimum absolute atomic E-state index is 0.203. The molecule has 0 radical (unpaired) electrons. The largest absolute Gasteiger partial charge is 0.392 e. The second-order valence-corrected chi connectivity index (χ2v) is 3.95. The number of hydrogen-bond acceptors (Lipinski definition) is 2. The summed E-state index contributed by atoms with van der Waals surface area (Å²) >= 11 is 0. The van der Waals surface area contributed by atoms with E-state index in [1.165, 1.54) is 12.8 Å². The van der Waals surface area contributed by atoms with Crippen LogP contribution in [0.25, 0.3) is 0 Å². The van der Waals surface area contributed by atoms with E-state index in [0.717, 1.165) is 19.5 Å². The molecule has 2 nitrogen and oxygen atoms in total. The Labute approximate surface area is 82.9 Å². The van der Waals surface area contributed by atoms with Crippen LogP contribution < -0.4 is 0 Å². The van der Waals surface area contributed by atoms with Crippen LogP contribution in [-0.4, -0.2) is 35.2 Å². The molecule has 0 aromatic heterocycles. The van der Waals surface area contributed by atoms with Crippen molar-refractivity contribution in [2.24, 2.45) is 0 Å². The van der Waals surface area contributed by atoms with Crippen LogP contribution in [0, 0.1) is 0 Å². The lowest BCUT2D eigenvalue weighted by Crippen LogP contribution is -2.38. The van der Waals surface area contributed by atoms with E-state index in [1.54, 1.807) is 0 Å². The first kappa shape index (κ1) is 12.9. The Balaban J connectivity index is 3.87. The third-order valence-corrected chi connectivity index (χ3v) is 2.51. The van der Waals surface area contributed by atoms with Crippen LogP contribution >= 0.6 is 0 Å². The number of rotatable bonds is 7. The lowest BCUT2D eigenvalue weighted by atomic mass is 10.2.